The van der Waals surface area contributed by atoms with Gasteiger partial charge in [0.05, 0.1) is 20.6 Å². The van der Waals surface area contributed by atoms with E-state index in [1.807, 2.05) is 6.42 Å². The number of hydroxylamine groups is 3. The standard InChI is InChI=1S/C32H29N2O2/c1-4-5-6-7-8-9-10-11-12-13-14-15-16-17-18-19-20-21-22-23-24-25-26-27-29-32(35)33-30-28-31-34(2,3)36/h10H,4-9,28,30-31H2,1-3H3,(H,33,35)/q-1. The highest BCUT2D eigenvalue weighted by molar-refractivity contribution is 5.94. The van der Waals surface area contributed by atoms with Crippen LogP contribution >= 0.6 is 0 Å². The fourth-order valence-electron chi connectivity index (χ4n) is 2.24. The van der Waals surface area contributed by atoms with Gasteiger partial charge in [-0.2, -0.15) is 6.42 Å². The maximum absolute atomic E-state index is 11.4. The molecule has 1 N–H and O–H groups in total. The van der Waals surface area contributed by atoms with Gasteiger partial charge < -0.3 is 15.2 Å². The van der Waals surface area contributed by atoms with Gasteiger partial charge in [0.25, 0.3) is 5.91 Å². The maximum atomic E-state index is 11.4. The van der Waals surface area contributed by atoms with Gasteiger partial charge in [-0.25, -0.2) is 5.92 Å². The Morgan fingerprint density at radius 1 is 0.694 bits per heavy atom. The number of rotatable bonds is 10. The molecule has 0 unspecified atom stereocenters. The molecule has 0 aliphatic carbocycles. The molecule has 0 radical (unpaired) electrons. The lowest BCUT2D eigenvalue weighted by Crippen LogP contribution is -2.35. The summed E-state index contributed by atoms with van der Waals surface area (Å²) in [6, 6.07) is 0. The van der Waals surface area contributed by atoms with Gasteiger partial charge >= 0.3 is 0 Å². The fraction of sp³-hybridized carbons (Fsp3) is 0.375. The summed E-state index contributed by atoms with van der Waals surface area (Å²) in [5.74, 6) is 45.3. The van der Waals surface area contributed by atoms with Crippen LogP contribution < -0.4 is 5.32 Å². The molecule has 0 fully saturated rings. The highest BCUT2D eigenvalue weighted by atomic mass is 16.5. The first-order valence-electron chi connectivity index (χ1n) is 11.6. The van der Waals surface area contributed by atoms with E-state index in [0.29, 0.717) is 19.5 Å². The lowest BCUT2D eigenvalue weighted by Gasteiger charge is -2.33. The third-order valence-electron chi connectivity index (χ3n) is 3.90. The Bertz CT molecular complexity index is 1270. The average Bonchev–Trinajstić information content (AvgIpc) is 2.84. The molecular formula is C32H29N2O2-. The molecule has 0 aliphatic heterocycles. The van der Waals surface area contributed by atoms with Crippen LogP contribution in [-0.2, 0) is 4.79 Å². The van der Waals surface area contributed by atoms with Gasteiger partial charge in [-0.05, 0) is 82.9 Å². The molecule has 1 amide bonds. The van der Waals surface area contributed by atoms with Crippen LogP contribution in [0.3, 0.4) is 0 Å². The van der Waals surface area contributed by atoms with Gasteiger partial charge in [0.1, 0.15) is 0 Å². The summed E-state index contributed by atoms with van der Waals surface area (Å²) in [7, 11) is 3.10. The van der Waals surface area contributed by atoms with Crippen molar-refractivity contribution in [1.29, 1.82) is 0 Å². The number of unbranched alkanes of at least 4 members (excludes halogenated alkanes) is 6. The molecule has 0 aromatic rings. The molecule has 0 saturated heterocycles. The summed E-state index contributed by atoms with van der Waals surface area (Å²) >= 11 is 0. The molecule has 4 nitrogen and oxygen atoms in total. The van der Waals surface area contributed by atoms with Gasteiger partial charge in [-0.15, -0.1) is 5.92 Å². The van der Waals surface area contributed by atoms with Crippen molar-refractivity contribution in [3.8, 4) is 107 Å². The summed E-state index contributed by atoms with van der Waals surface area (Å²) in [6.45, 7) is 3.01. The van der Waals surface area contributed by atoms with Crippen molar-refractivity contribution in [2.24, 2.45) is 0 Å². The van der Waals surface area contributed by atoms with Crippen molar-refractivity contribution in [3.63, 3.8) is 0 Å². The van der Waals surface area contributed by atoms with E-state index < -0.39 is 10.6 Å². The molecular weight excluding hydrogens is 444 g/mol. The zero-order valence-electron chi connectivity index (χ0n) is 21.2. The molecule has 0 aromatic carbocycles. The van der Waals surface area contributed by atoms with Crippen molar-refractivity contribution in [2.75, 3.05) is 27.2 Å². The summed E-state index contributed by atoms with van der Waals surface area (Å²) in [6.07, 6.45) is 9.79. The van der Waals surface area contributed by atoms with E-state index >= 15 is 0 Å². The number of hydrogen-bond acceptors (Lipinski definition) is 2. The number of carbonyl (C=O) groups excluding carboxylic acids is 1. The first-order chi connectivity index (χ1) is 17.5. The molecule has 0 spiro atoms. The van der Waals surface area contributed by atoms with Gasteiger partial charge in [-0.3, -0.25) is 10.7 Å². The van der Waals surface area contributed by atoms with Crippen LogP contribution in [0.15, 0.2) is 0 Å². The lowest BCUT2D eigenvalue weighted by molar-refractivity contribution is -0.840. The zero-order chi connectivity index (χ0) is 26.6. The Hall–Kier alpha value is -4.70. The van der Waals surface area contributed by atoms with Crippen LogP contribution in [0.25, 0.3) is 0 Å². The molecule has 36 heavy (non-hydrogen) atoms. The Morgan fingerprint density at radius 2 is 1.17 bits per heavy atom. The third kappa shape index (κ3) is 27.3. The molecule has 0 bridgehead atoms. The fourth-order valence-corrected chi connectivity index (χ4v) is 2.24. The largest absolute Gasteiger partial charge is 0.633 e. The van der Waals surface area contributed by atoms with E-state index in [4.69, 9.17) is 0 Å². The monoisotopic (exact) mass is 473 g/mol. The van der Waals surface area contributed by atoms with E-state index in [-0.39, 0.29) is 0 Å². The van der Waals surface area contributed by atoms with Crippen LogP contribution in [0.5, 0.6) is 0 Å². The minimum absolute atomic E-state index is 0.389. The number of nitrogens with one attached hydrogen (secondary N) is 1. The lowest BCUT2D eigenvalue weighted by atomic mass is 10.1. The normalized spacial score (nSPS) is 7.67. The highest BCUT2D eigenvalue weighted by Crippen LogP contribution is 2.05. The molecule has 0 rings (SSSR count). The second-order valence-corrected chi connectivity index (χ2v) is 7.58. The molecule has 0 saturated carbocycles. The summed E-state index contributed by atoms with van der Waals surface area (Å²) < 4.78 is -0.396. The van der Waals surface area contributed by atoms with Gasteiger partial charge in [0, 0.05) is 18.9 Å². The molecule has 4 heteroatoms. The van der Waals surface area contributed by atoms with Crippen molar-refractivity contribution in [1.82, 2.24) is 5.32 Å². The number of amides is 1. The van der Waals surface area contributed by atoms with Gasteiger partial charge in [-0.1, -0.05) is 45.4 Å². The highest BCUT2D eigenvalue weighted by Gasteiger charge is 2.01. The Labute approximate surface area is 217 Å². The van der Waals surface area contributed by atoms with E-state index in [0.717, 1.165) is 6.42 Å². The number of carbonyl (C=O) groups is 1. The van der Waals surface area contributed by atoms with Crippen molar-refractivity contribution in [3.05, 3.63) is 11.6 Å². The Kier molecular flexibility index (Phi) is 20.4. The molecule has 0 atom stereocenters. The molecule has 0 aromatic heterocycles. The number of hydrogen-bond donors (Lipinski definition) is 1. The second kappa shape index (κ2) is 23.5. The average molecular weight is 474 g/mol. The maximum Gasteiger partial charge on any atom is 0.296 e. The van der Waals surface area contributed by atoms with Crippen LogP contribution in [-0.4, -0.2) is 37.7 Å². The summed E-state index contributed by atoms with van der Waals surface area (Å²) in [5.41, 5.74) is 0. The molecule has 180 valence electrons. The Morgan fingerprint density at radius 3 is 1.67 bits per heavy atom. The first kappa shape index (κ1) is 31.3. The molecule has 0 heterocycles. The second-order valence-electron chi connectivity index (χ2n) is 7.58. The van der Waals surface area contributed by atoms with Gasteiger partial charge in [0.2, 0.25) is 0 Å². The SMILES string of the molecule is CCCCCCC[CH-]C#CC#CC#CC#CC#CC#CC#CC#CC#CC(=O)NCCC[N+](C)(C)[O-]. The van der Waals surface area contributed by atoms with Crippen LogP contribution in [0.1, 0.15) is 51.9 Å². The number of quaternary nitrogens is 1. The predicted molar refractivity (Wildman–Crippen MR) is 146 cm³/mol. The predicted octanol–water partition coefficient (Wildman–Crippen LogP) is 2.66. The van der Waals surface area contributed by atoms with Crippen LogP contribution in [0.2, 0.25) is 0 Å². The van der Waals surface area contributed by atoms with E-state index in [1.54, 1.807) is 14.1 Å². The van der Waals surface area contributed by atoms with E-state index in [1.165, 1.54) is 32.1 Å². The summed E-state index contributed by atoms with van der Waals surface area (Å²) in [5, 5.41) is 14.0. The van der Waals surface area contributed by atoms with Crippen LogP contribution in [0.4, 0.5) is 0 Å². The van der Waals surface area contributed by atoms with Crippen LogP contribution in [0, 0.1) is 118 Å². The topological polar surface area (TPSA) is 52.2 Å². The minimum atomic E-state index is -0.451. The Balaban J connectivity index is 4.17. The van der Waals surface area contributed by atoms with Crippen molar-refractivity contribution < 1.29 is 9.44 Å². The zero-order valence-corrected chi connectivity index (χ0v) is 21.2. The van der Waals surface area contributed by atoms with Crippen molar-refractivity contribution >= 4 is 5.91 Å². The quantitative estimate of drug-likeness (QED) is 0.174. The minimum Gasteiger partial charge on any atom is -0.633 e. The van der Waals surface area contributed by atoms with Gasteiger partial charge in [0.15, 0.2) is 0 Å². The third-order valence-corrected chi connectivity index (χ3v) is 3.90. The van der Waals surface area contributed by atoms with Crippen molar-refractivity contribution in [2.45, 2.75) is 51.9 Å². The van der Waals surface area contributed by atoms with E-state index in [9.17, 15) is 10.0 Å². The number of nitrogens with zero attached hydrogens (tertiary/aromatic N) is 1. The smallest absolute Gasteiger partial charge is 0.296 e. The molecule has 0 aliphatic rings. The summed E-state index contributed by atoms with van der Waals surface area (Å²) in [4.78, 5) is 11.4. The van der Waals surface area contributed by atoms with E-state index in [2.05, 4.69) is 119 Å². The first-order valence-corrected chi connectivity index (χ1v) is 11.6.